The van der Waals surface area contributed by atoms with Crippen LogP contribution in [0.3, 0.4) is 0 Å². The number of anilines is 1. The van der Waals surface area contributed by atoms with Crippen molar-refractivity contribution in [3.8, 4) is 11.8 Å². The van der Waals surface area contributed by atoms with Gasteiger partial charge in [0.25, 0.3) is 0 Å². The first-order chi connectivity index (χ1) is 6.77. The summed E-state index contributed by atoms with van der Waals surface area (Å²) >= 11 is 0. The summed E-state index contributed by atoms with van der Waals surface area (Å²) < 4.78 is 0. The summed E-state index contributed by atoms with van der Waals surface area (Å²) in [6, 6.07) is 5.96. The SMILES string of the molecule is CC(=O)C#Cc1cccc2c1CCN2. The standard InChI is InChI=1S/C12H11NO/c1-9(14)5-6-10-3-2-4-12-11(10)7-8-13-12/h2-4,13H,7-8H2,1H3. The molecule has 70 valence electrons. The van der Waals surface area contributed by atoms with E-state index in [9.17, 15) is 4.79 Å². The fraction of sp³-hybridized carbons (Fsp3) is 0.250. The van der Waals surface area contributed by atoms with E-state index < -0.39 is 0 Å². The normalized spacial score (nSPS) is 12.4. The molecule has 0 radical (unpaired) electrons. The minimum absolute atomic E-state index is 0.0893. The number of ketones is 1. The van der Waals surface area contributed by atoms with Gasteiger partial charge in [-0.15, -0.1) is 0 Å². The zero-order chi connectivity index (χ0) is 9.97. The number of hydrogen-bond donors (Lipinski definition) is 1. The van der Waals surface area contributed by atoms with Crippen LogP contribution in [0.25, 0.3) is 0 Å². The largest absolute Gasteiger partial charge is 0.384 e. The van der Waals surface area contributed by atoms with Crippen LogP contribution in [0, 0.1) is 11.8 Å². The summed E-state index contributed by atoms with van der Waals surface area (Å²) in [6.07, 6.45) is 0.998. The third-order valence-corrected chi connectivity index (χ3v) is 2.24. The van der Waals surface area contributed by atoms with Gasteiger partial charge in [0.05, 0.1) is 0 Å². The molecule has 0 bridgehead atoms. The van der Waals surface area contributed by atoms with Crippen molar-refractivity contribution in [3.05, 3.63) is 29.3 Å². The molecular formula is C12H11NO. The minimum atomic E-state index is -0.0893. The van der Waals surface area contributed by atoms with Gasteiger partial charge in [-0.25, -0.2) is 0 Å². The number of carbonyl (C=O) groups excluding carboxylic acids is 1. The zero-order valence-corrected chi connectivity index (χ0v) is 8.05. The van der Waals surface area contributed by atoms with Crippen molar-refractivity contribution in [2.24, 2.45) is 0 Å². The van der Waals surface area contributed by atoms with E-state index in [0.29, 0.717) is 0 Å². The molecular weight excluding hydrogens is 174 g/mol. The fourth-order valence-electron chi connectivity index (χ4n) is 1.62. The maximum atomic E-state index is 10.7. The number of hydrogen-bond acceptors (Lipinski definition) is 2. The molecule has 0 aromatic heterocycles. The molecule has 0 unspecified atom stereocenters. The Morgan fingerprint density at radius 2 is 2.36 bits per heavy atom. The third-order valence-electron chi connectivity index (χ3n) is 2.24. The van der Waals surface area contributed by atoms with Gasteiger partial charge in [0.15, 0.2) is 0 Å². The summed E-state index contributed by atoms with van der Waals surface area (Å²) in [5.41, 5.74) is 3.37. The zero-order valence-electron chi connectivity index (χ0n) is 8.05. The van der Waals surface area contributed by atoms with Crippen molar-refractivity contribution in [2.75, 3.05) is 11.9 Å². The van der Waals surface area contributed by atoms with Crippen molar-refractivity contribution in [1.82, 2.24) is 0 Å². The van der Waals surface area contributed by atoms with Crippen LogP contribution < -0.4 is 5.32 Å². The molecule has 0 saturated carbocycles. The van der Waals surface area contributed by atoms with Gasteiger partial charge in [0.2, 0.25) is 5.78 Å². The molecule has 14 heavy (non-hydrogen) atoms. The second kappa shape index (κ2) is 3.55. The molecule has 2 rings (SSSR count). The fourth-order valence-corrected chi connectivity index (χ4v) is 1.62. The predicted molar refractivity (Wildman–Crippen MR) is 56.2 cm³/mol. The van der Waals surface area contributed by atoms with E-state index in [2.05, 4.69) is 17.2 Å². The molecule has 2 heteroatoms. The topological polar surface area (TPSA) is 29.1 Å². The second-order valence-electron chi connectivity index (χ2n) is 3.31. The first-order valence-corrected chi connectivity index (χ1v) is 4.66. The maximum absolute atomic E-state index is 10.7. The van der Waals surface area contributed by atoms with Gasteiger partial charge in [-0.05, 0) is 30.0 Å². The summed E-state index contributed by atoms with van der Waals surface area (Å²) in [5.74, 6) is 5.39. The maximum Gasteiger partial charge on any atom is 0.202 e. The van der Waals surface area contributed by atoms with Gasteiger partial charge in [0.1, 0.15) is 0 Å². The molecule has 0 amide bonds. The van der Waals surface area contributed by atoms with Crippen molar-refractivity contribution in [1.29, 1.82) is 0 Å². The lowest BCUT2D eigenvalue weighted by Crippen LogP contribution is -1.90. The lowest BCUT2D eigenvalue weighted by molar-refractivity contribution is -0.111. The van der Waals surface area contributed by atoms with Crippen molar-refractivity contribution in [2.45, 2.75) is 13.3 Å². The number of Topliss-reactive ketones (excluding diaryl/α,β-unsaturated/α-hetero) is 1. The average molecular weight is 185 g/mol. The van der Waals surface area contributed by atoms with E-state index in [0.717, 1.165) is 24.2 Å². The highest BCUT2D eigenvalue weighted by atomic mass is 16.1. The summed E-state index contributed by atoms with van der Waals surface area (Å²) in [5, 5.41) is 3.28. The predicted octanol–water partition coefficient (Wildman–Crippen LogP) is 1.60. The van der Waals surface area contributed by atoms with Gasteiger partial charge in [-0.1, -0.05) is 12.0 Å². The van der Waals surface area contributed by atoms with Crippen LogP contribution in [0.4, 0.5) is 5.69 Å². The van der Waals surface area contributed by atoms with E-state index in [1.54, 1.807) is 0 Å². The van der Waals surface area contributed by atoms with Crippen LogP contribution in [0.2, 0.25) is 0 Å². The van der Waals surface area contributed by atoms with E-state index in [4.69, 9.17) is 0 Å². The Bertz CT molecular complexity index is 437. The summed E-state index contributed by atoms with van der Waals surface area (Å²) in [6.45, 7) is 2.45. The first-order valence-electron chi connectivity index (χ1n) is 4.66. The van der Waals surface area contributed by atoms with Crippen molar-refractivity contribution < 1.29 is 4.79 Å². The molecule has 0 saturated heterocycles. The first kappa shape index (κ1) is 8.83. The minimum Gasteiger partial charge on any atom is -0.384 e. The second-order valence-corrected chi connectivity index (χ2v) is 3.31. The van der Waals surface area contributed by atoms with E-state index in [1.165, 1.54) is 12.5 Å². The van der Waals surface area contributed by atoms with Crippen LogP contribution in [0.15, 0.2) is 18.2 Å². The third kappa shape index (κ3) is 1.62. The molecule has 0 spiro atoms. The Morgan fingerprint density at radius 1 is 1.50 bits per heavy atom. The highest BCUT2D eigenvalue weighted by Crippen LogP contribution is 2.24. The number of carbonyl (C=O) groups is 1. The summed E-state index contributed by atoms with van der Waals surface area (Å²) in [7, 11) is 0. The van der Waals surface area contributed by atoms with Gasteiger partial charge < -0.3 is 5.32 Å². The quantitative estimate of drug-likeness (QED) is 0.622. The molecule has 1 heterocycles. The molecule has 1 aromatic carbocycles. The molecule has 0 atom stereocenters. The van der Waals surface area contributed by atoms with Crippen LogP contribution in [-0.4, -0.2) is 12.3 Å². The van der Waals surface area contributed by atoms with Gasteiger partial charge in [-0.2, -0.15) is 0 Å². The number of nitrogens with one attached hydrogen (secondary N) is 1. The highest BCUT2D eigenvalue weighted by Gasteiger charge is 2.11. The Hall–Kier alpha value is -1.75. The van der Waals surface area contributed by atoms with Crippen LogP contribution in [0.5, 0.6) is 0 Å². The van der Waals surface area contributed by atoms with Crippen LogP contribution in [-0.2, 0) is 11.2 Å². The number of fused-ring (bicyclic) bond motifs is 1. The smallest absolute Gasteiger partial charge is 0.202 e. The van der Waals surface area contributed by atoms with Crippen LogP contribution >= 0.6 is 0 Å². The Labute approximate surface area is 83.3 Å². The van der Waals surface area contributed by atoms with Crippen LogP contribution in [0.1, 0.15) is 18.1 Å². The van der Waals surface area contributed by atoms with Crippen molar-refractivity contribution in [3.63, 3.8) is 0 Å². The van der Waals surface area contributed by atoms with Crippen molar-refractivity contribution >= 4 is 11.5 Å². The molecule has 2 nitrogen and oxygen atoms in total. The van der Waals surface area contributed by atoms with E-state index >= 15 is 0 Å². The molecule has 1 aliphatic heterocycles. The van der Waals surface area contributed by atoms with Gasteiger partial charge in [-0.3, -0.25) is 4.79 Å². The Balaban J connectivity index is 2.41. The van der Waals surface area contributed by atoms with Gasteiger partial charge >= 0.3 is 0 Å². The molecule has 1 N–H and O–H groups in total. The average Bonchev–Trinajstić information content (AvgIpc) is 2.62. The lowest BCUT2D eigenvalue weighted by Gasteiger charge is -2.00. The highest BCUT2D eigenvalue weighted by molar-refractivity contribution is 5.94. The monoisotopic (exact) mass is 185 g/mol. The molecule has 1 aromatic rings. The van der Waals surface area contributed by atoms with Gasteiger partial charge in [0, 0.05) is 24.7 Å². The molecule has 0 fully saturated rings. The van der Waals surface area contributed by atoms with E-state index in [-0.39, 0.29) is 5.78 Å². The number of benzene rings is 1. The lowest BCUT2D eigenvalue weighted by atomic mass is 10.1. The Kier molecular flexibility index (Phi) is 2.24. The number of rotatable bonds is 0. The van der Waals surface area contributed by atoms with E-state index in [1.807, 2.05) is 18.2 Å². The Morgan fingerprint density at radius 3 is 3.14 bits per heavy atom. The summed E-state index contributed by atoms with van der Waals surface area (Å²) in [4.78, 5) is 10.7. The molecule has 1 aliphatic rings. The molecule has 0 aliphatic carbocycles.